The van der Waals surface area contributed by atoms with Crippen LogP contribution in [0.15, 0.2) is 64.4 Å². The Morgan fingerprint density at radius 3 is 1.92 bits per heavy atom. The number of hydrogen-bond acceptors (Lipinski definition) is 4. The van der Waals surface area contributed by atoms with Crippen molar-refractivity contribution in [2.45, 2.75) is 21.1 Å². The van der Waals surface area contributed by atoms with Crippen molar-refractivity contribution in [3.63, 3.8) is 0 Å². The van der Waals surface area contributed by atoms with Gasteiger partial charge in [-0.15, -0.1) is 12.6 Å². The third-order valence-electron chi connectivity index (χ3n) is 2.75. The van der Waals surface area contributed by atoms with Crippen LogP contribution in [0, 0.1) is 0 Å². The minimum Gasteiger partial charge on any atom is -0.741 e. The van der Waals surface area contributed by atoms with Crippen LogP contribution in [0.1, 0.15) is 5.56 Å². The molecule has 0 saturated heterocycles. The van der Waals surface area contributed by atoms with Crippen LogP contribution in [-0.2, 0) is 26.8 Å². The summed E-state index contributed by atoms with van der Waals surface area (Å²) in [5.41, 5.74) is -4.26. The van der Waals surface area contributed by atoms with Gasteiger partial charge in [-0.1, -0.05) is 30.3 Å². The first kappa shape index (κ1) is 20.9. The Morgan fingerprint density at radius 2 is 1.50 bits per heavy atom. The third kappa shape index (κ3) is 7.16. The fourth-order valence-corrected chi connectivity index (χ4v) is 3.21. The second kappa shape index (κ2) is 8.80. The normalized spacial score (nSPS) is 12.9. The lowest BCUT2D eigenvalue weighted by atomic mass is 10.2. The molecule has 0 aliphatic heterocycles. The van der Waals surface area contributed by atoms with Crippen molar-refractivity contribution in [3.05, 3.63) is 60.2 Å². The molecule has 3 nitrogen and oxygen atoms in total. The first-order valence-electron chi connectivity index (χ1n) is 6.48. The summed E-state index contributed by atoms with van der Waals surface area (Å²) in [7, 11) is -5.81. The summed E-state index contributed by atoms with van der Waals surface area (Å²) in [6, 6.07) is 19.1. The Balaban J connectivity index is 0.000000307. The first-order chi connectivity index (χ1) is 11.0. The second-order valence-electron chi connectivity index (χ2n) is 4.66. The lowest BCUT2D eigenvalue weighted by Gasteiger charge is -2.08. The number of benzene rings is 2. The topological polar surface area (TPSA) is 57.2 Å². The highest BCUT2D eigenvalue weighted by molar-refractivity contribution is 7.95. The average molecular weight is 396 g/mol. The minimum atomic E-state index is -6.09. The smallest absolute Gasteiger partial charge is 0.485 e. The summed E-state index contributed by atoms with van der Waals surface area (Å²) in [6.07, 6.45) is 2.30. The molecule has 1 unspecified atom stereocenters. The van der Waals surface area contributed by atoms with Crippen molar-refractivity contribution in [3.8, 4) is 0 Å². The van der Waals surface area contributed by atoms with Gasteiger partial charge in [0.1, 0.15) is 12.0 Å². The van der Waals surface area contributed by atoms with E-state index in [-0.39, 0.29) is 10.9 Å². The van der Waals surface area contributed by atoms with Crippen molar-refractivity contribution in [2.75, 3.05) is 6.26 Å². The van der Waals surface area contributed by atoms with Gasteiger partial charge in [0.05, 0.1) is 0 Å². The van der Waals surface area contributed by atoms with Crippen LogP contribution >= 0.6 is 12.6 Å². The molecule has 0 aliphatic carbocycles. The Kier molecular flexibility index (Phi) is 7.65. The highest BCUT2D eigenvalue weighted by Crippen LogP contribution is 2.20. The van der Waals surface area contributed by atoms with Crippen LogP contribution in [-0.4, -0.2) is 24.7 Å². The van der Waals surface area contributed by atoms with E-state index < -0.39 is 15.6 Å². The number of rotatable bonds is 3. The zero-order valence-corrected chi connectivity index (χ0v) is 15.1. The van der Waals surface area contributed by atoms with E-state index in [2.05, 4.69) is 73.5 Å². The molecule has 0 saturated carbocycles. The maximum atomic E-state index is 10.7. The van der Waals surface area contributed by atoms with Crippen molar-refractivity contribution in [1.29, 1.82) is 0 Å². The van der Waals surface area contributed by atoms with Gasteiger partial charge in [0.2, 0.25) is 0 Å². The molecule has 132 valence electrons. The van der Waals surface area contributed by atoms with E-state index in [1.807, 2.05) is 0 Å². The largest absolute Gasteiger partial charge is 0.741 e. The second-order valence-corrected chi connectivity index (χ2v) is 8.58. The molecule has 0 radical (unpaired) electrons. The quantitative estimate of drug-likeness (QED) is 0.371. The molecule has 24 heavy (non-hydrogen) atoms. The molecular weight excluding hydrogens is 381 g/mol. The predicted octanol–water partition coefficient (Wildman–Crippen LogP) is 3.83. The summed E-state index contributed by atoms with van der Waals surface area (Å²) in [4.78, 5) is 2.46. The lowest BCUT2D eigenvalue weighted by Crippen LogP contribution is -2.21. The predicted molar refractivity (Wildman–Crippen MR) is 91.1 cm³/mol. The van der Waals surface area contributed by atoms with E-state index in [9.17, 15) is 13.2 Å². The van der Waals surface area contributed by atoms with Gasteiger partial charge >= 0.3 is 5.51 Å². The summed E-state index contributed by atoms with van der Waals surface area (Å²) in [5, 5.41) is 0. The SMILES string of the molecule is C[S+](Cc1ccc(S)cc1)c1ccccc1.O=S(=O)([O-])C(F)(F)F. The van der Waals surface area contributed by atoms with Crippen LogP contribution < -0.4 is 0 Å². The van der Waals surface area contributed by atoms with Gasteiger partial charge in [0, 0.05) is 21.4 Å². The van der Waals surface area contributed by atoms with E-state index in [4.69, 9.17) is 13.0 Å². The van der Waals surface area contributed by atoms with Gasteiger partial charge in [-0.3, -0.25) is 0 Å². The number of thiol groups is 1. The highest BCUT2D eigenvalue weighted by atomic mass is 32.2. The summed E-state index contributed by atoms with van der Waals surface area (Å²) in [5.74, 6) is 1.11. The third-order valence-corrected chi connectivity index (χ3v) is 5.46. The number of halogens is 3. The van der Waals surface area contributed by atoms with Gasteiger partial charge in [0.25, 0.3) is 0 Å². The van der Waals surface area contributed by atoms with E-state index >= 15 is 0 Å². The van der Waals surface area contributed by atoms with E-state index in [1.165, 1.54) is 10.5 Å². The summed E-state index contributed by atoms with van der Waals surface area (Å²) in [6.45, 7) is 0. The fourth-order valence-electron chi connectivity index (χ4n) is 1.58. The molecule has 0 N–H and O–H groups in total. The Morgan fingerprint density at radius 1 is 1.04 bits per heavy atom. The maximum Gasteiger partial charge on any atom is 0.485 e. The Labute approximate surface area is 147 Å². The molecule has 0 aromatic heterocycles. The monoisotopic (exact) mass is 396 g/mol. The zero-order valence-electron chi connectivity index (χ0n) is 12.5. The molecule has 0 amide bonds. The van der Waals surface area contributed by atoms with E-state index in [0.29, 0.717) is 0 Å². The Hall–Kier alpha value is -1.16. The first-order valence-corrected chi connectivity index (χ1v) is 10.1. The number of hydrogen-bond donors (Lipinski definition) is 1. The van der Waals surface area contributed by atoms with Gasteiger partial charge < -0.3 is 4.55 Å². The van der Waals surface area contributed by atoms with Gasteiger partial charge in [-0.2, -0.15) is 13.2 Å². The van der Waals surface area contributed by atoms with Crippen molar-refractivity contribution in [2.24, 2.45) is 0 Å². The summed E-state index contributed by atoms with van der Waals surface area (Å²) >= 11 is 4.29. The highest BCUT2D eigenvalue weighted by Gasteiger charge is 2.36. The van der Waals surface area contributed by atoms with Gasteiger partial charge in [-0.25, -0.2) is 8.42 Å². The molecule has 0 bridgehead atoms. The minimum absolute atomic E-state index is 0.284. The Bertz CT molecular complexity index is 730. The molecule has 9 heteroatoms. The molecule has 0 heterocycles. The molecular formula is C15H15F3O3S3. The molecule has 2 rings (SSSR count). The lowest BCUT2D eigenvalue weighted by molar-refractivity contribution is -0.0517. The van der Waals surface area contributed by atoms with Crippen LogP contribution in [0.5, 0.6) is 0 Å². The average Bonchev–Trinajstić information content (AvgIpc) is 2.49. The standard InChI is InChI=1S/C14H14S2.CHF3O3S/c1-16(14-5-3-2-4-6-14)11-12-7-9-13(15)10-8-12;2-1(3,4)8(5,6)7/h2-10H,11H2,1H3;(H,5,6,7). The van der Waals surface area contributed by atoms with Crippen LogP contribution in [0.2, 0.25) is 0 Å². The summed E-state index contributed by atoms with van der Waals surface area (Å²) < 4.78 is 58.9. The molecule has 2 aromatic carbocycles. The van der Waals surface area contributed by atoms with Crippen molar-refractivity contribution in [1.82, 2.24) is 0 Å². The van der Waals surface area contributed by atoms with Crippen LogP contribution in [0.3, 0.4) is 0 Å². The van der Waals surface area contributed by atoms with E-state index in [0.717, 1.165) is 10.6 Å². The van der Waals surface area contributed by atoms with Crippen LogP contribution in [0.25, 0.3) is 0 Å². The zero-order chi connectivity index (χ0) is 18.4. The molecule has 1 atom stereocenters. The number of alkyl halides is 3. The maximum absolute atomic E-state index is 10.7. The van der Waals surface area contributed by atoms with Crippen molar-refractivity contribution >= 4 is 33.6 Å². The van der Waals surface area contributed by atoms with Gasteiger partial charge in [0.15, 0.2) is 15.0 Å². The van der Waals surface area contributed by atoms with Crippen LogP contribution in [0.4, 0.5) is 13.2 Å². The molecule has 2 aromatic rings. The van der Waals surface area contributed by atoms with Gasteiger partial charge in [-0.05, 0) is 24.3 Å². The molecule has 0 aliphatic rings. The van der Waals surface area contributed by atoms with E-state index in [1.54, 1.807) is 0 Å². The van der Waals surface area contributed by atoms with Crippen molar-refractivity contribution < 1.29 is 26.1 Å². The fraction of sp³-hybridized carbons (Fsp3) is 0.200. The molecule has 0 fully saturated rings. The molecule has 0 spiro atoms.